The van der Waals surface area contributed by atoms with Crippen LogP contribution in [0.3, 0.4) is 0 Å². The summed E-state index contributed by atoms with van der Waals surface area (Å²) in [7, 11) is 0. The van der Waals surface area contributed by atoms with Gasteiger partial charge in [0.05, 0.1) is 17.5 Å². The van der Waals surface area contributed by atoms with Crippen LogP contribution in [0, 0.1) is 6.92 Å². The number of anilines is 1. The predicted molar refractivity (Wildman–Crippen MR) is 136 cm³/mol. The number of piperidine rings is 1. The number of aliphatic hydroxyl groups is 1. The quantitative estimate of drug-likeness (QED) is 0.353. The molecule has 2 aliphatic heterocycles. The fraction of sp³-hybridized carbons (Fsp3) is 0.385. The molecule has 2 saturated heterocycles. The highest BCUT2D eigenvalue weighted by molar-refractivity contribution is 6.00. The standard InChI is InChI=1S/C26H28N8O3/c1-13-7-16(10-30-22(13)25-28-5-6-29-25)19-11-31-34-24(27)21(14(2)36)23(32-26(19)34)15-8-17-3-4-18(9-15)33(17)20(37)12-35/h5-7,10-11,15,17-18,35H,3-4,8-9,12,27H2,1-2H3,(H,28,29)/t15-,17-,18+. The summed E-state index contributed by atoms with van der Waals surface area (Å²) in [6.07, 6.45) is 10.0. The third-order valence-electron chi connectivity index (χ3n) is 7.72. The van der Waals surface area contributed by atoms with Crippen LogP contribution in [0.4, 0.5) is 5.82 Å². The van der Waals surface area contributed by atoms with Crippen LogP contribution in [0.5, 0.6) is 0 Å². The number of pyridine rings is 1. The Hall–Kier alpha value is -4.12. The Morgan fingerprint density at radius 1 is 1.19 bits per heavy atom. The highest BCUT2D eigenvalue weighted by atomic mass is 16.3. The zero-order valence-corrected chi connectivity index (χ0v) is 20.7. The molecule has 0 unspecified atom stereocenters. The minimum Gasteiger partial charge on any atom is -0.387 e. The highest BCUT2D eigenvalue weighted by Gasteiger charge is 2.44. The van der Waals surface area contributed by atoms with Gasteiger partial charge in [0.2, 0.25) is 5.91 Å². The summed E-state index contributed by atoms with van der Waals surface area (Å²) in [6, 6.07) is 2.05. The lowest BCUT2D eigenvalue weighted by Crippen LogP contribution is -2.47. The van der Waals surface area contributed by atoms with Crippen molar-refractivity contribution in [3.8, 4) is 22.6 Å². The second-order valence-corrected chi connectivity index (χ2v) is 9.95. The number of nitrogens with one attached hydrogen (secondary N) is 1. The molecule has 0 radical (unpaired) electrons. The van der Waals surface area contributed by atoms with Crippen LogP contribution in [0.2, 0.25) is 0 Å². The highest BCUT2D eigenvalue weighted by Crippen LogP contribution is 2.44. The van der Waals surface area contributed by atoms with Gasteiger partial charge in [-0.2, -0.15) is 9.61 Å². The largest absolute Gasteiger partial charge is 0.387 e. The maximum atomic E-state index is 12.8. The number of H-pyrrole nitrogens is 1. The van der Waals surface area contributed by atoms with Crippen LogP contribution >= 0.6 is 0 Å². The molecule has 2 fully saturated rings. The van der Waals surface area contributed by atoms with E-state index in [2.05, 4.69) is 20.1 Å². The van der Waals surface area contributed by atoms with Gasteiger partial charge in [0.25, 0.3) is 0 Å². The summed E-state index contributed by atoms with van der Waals surface area (Å²) in [6.45, 7) is 2.98. The number of amides is 1. The SMILES string of the molecule is CC(=O)c1c([C@@H]2C[C@H]3CC[C@@H](C2)N3C(=O)CO)nc2c(-c3cnc(-c4ncc[nH]4)c(C)c3)cnn2c1N. The Morgan fingerprint density at radius 3 is 2.57 bits per heavy atom. The van der Waals surface area contributed by atoms with Gasteiger partial charge in [0, 0.05) is 47.7 Å². The molecule has 37 heavy (non-hydrogen) atoms. The average molecular weight is 501 g/mol. The molecule has 0 saturated carbocycles. The topological polar surface area (TPSA) is 155 Å². The molecule has 0 spiro atoms. The number of nitrogens with zero attached hydrogens (tertiary/aromatic N) is 6. The van der Waals surface area contributed by atoms with Gasteiger partial charge >= 0.3 is 0 Å². The van der Waals surface area contributed by atoms with Crippen molar-refractivity contribution < 1.29 is 14.7 Å². The molecule has 6 rings (SSSR count). The molecule has 2 aliphatic rings. The summed E-state index contributed by atoms with van der Waals surface area (Å²) in [5.41, 5.74) is 11.4. The van der Waals surface area contributed by atoms with E-state index in [4.69, 9.17) is 10.7 Å². The summed E-state index contributed by atoms with van der Waals surface area (Å²) >= 11 is 0. The first-order chi connectivity index (χ1) is 17.9. The molecule has 0 aliphatic carbocycles. The van der Waals surface area contributed by atoms with Crippen LogP contribution < -0.4 is 5.73 Å². The van der Waals surface area contributed by atoms with Crippen molar-refractivity contribution in [3.63, 3.8) is 0 Å². The Bertz CT molecular complexity index is 1510. The van der Waals surface area contributed by atoms with E-state index in [0.717, 1.165) is 35.2 Å². The van der Waals surface area contributed by atoms with Gasteiger partial charge in [-0.1, -0.05) is 0 Å². The molecule has 6 heterocycles. The Morgan fingerprint density at radius 2 is 1.95 bits per heavy atom. The maximum absolute atomic E-state index is 12.8. The van der Waals surface area contributed by atoms with E-state index in [1.807, 2.05) is 17.9 Å². The van der Waals surface area contributed by atoms with E-state index in [9.17, 15) is 14.7 Å². The minimum absolute atomic E-state index is 0.0211. The van der Waals surface area contributed by atoms with Gasteiger partial charge in [-0.25, -0.2) is 9.97 Å². The van der Waals surface area contributed by atoms with Crippen molar-refractivity contribution in [2.45, 2.75) is 57.5 Å². The van der Waals surface area contributed by atoms with Crippen LogP contribution in [0.15, 0.2) is 30.9 Å². The number of carbonyl (C=O) groups is 2. The number of carbonyl (C=O) groups excluding carboxylic acids is 2. The van der Waals surface area contributed by atoms with Crippen molar-refractivity contribution in [2.24, 2.45) is 0 Å². The van der Waals surface area contributed by atoms with E-state index < -0.39 is 6.61 Å². The number of nitrogens with two attached hydrogens (primary N) is 1. The first-order valence-corrected chi connectivity index (χ1v) is 12.4. The monoisotopic (exact) mass is 500 g/mol. The molecule has 190 valence electrons. The van der Waals surface area contributed by atoms with Crippen LogP contribution in [-0.4, -0.2) is 69.9 Å². The number of imidazole rings is 1. The normalized spacial score (nSPS) is 21.1. The number of nitrogen functional groups attached to an aromatic ring is 1. The number of fused-ring (bicyclic) bond motifs is 3. The Balaban J connectivity index is 1.44. The molecule has 1 amide bonds. The first-order valence-electron chi connectivity index (χ1n) is 12.4. The lowest BCUT2D eigenvalue weighted by molar-refractivity contribution is -0.138. The third-order valence-corrected chi connectivity index (χ3v) is 7.72. The minimum atomic E-state index is -0.487. The molecular weight excluding hydrogens is 472 g/mol. The zero-order valence-electron chi connectivity index (χ0n) is 20.7. The molecular formula is C26H28N8O3. The molecule has 11 heteroatoms. The molecule has 3 atom stereocenters. The van der Waals surface area contributed by atoms with E-state index in [-0.39, 0.29) is 35.5 Å². The summed E-state index contributed by atoms with van der Waals surface area (Å²) in [4.78, 5) is 43.9. The molecule has 0 aromatic carbocycles. The van der Waals surface area contributed by atoms with E-state index in [1.165, 1.54) is 11.4 Å². The summed E-state index contributed by atoms with van der Waals surface area (Å²) in [5.74, 6) is 0.521. The van der Waals surface area contributed by atoms with E-state index >= 15 is 0 Å². The zero-order chi connectivity index (χ0) is 25.8. The van der Waals surface area contributed by atoms with Gasteiger partial charge in [-0.15, -0.1) is 0 Å². The van der Waals surface area contributed by atoms with Gasteiger partial charge in [0.1, 0.15) is 18.1 Å². The van der Waals surface area contributed by atoms with Crippen LogP contribution in [0.1, 0.15) is 60.1 Å². The molecule has 4 N–H and O–H groups in total. The Labute approximate surface area is 212 Å². The van der Waals surface area contributed by atoms with Crippen molar-refractivity contribution in [2.75, 3.05) is 12.3 Å². The number of aryl methyl sites for hydroxylation is 1. The van der Waals surface area contributed by atoms with Crippen molar-refractivity contribution in [3.05, 3.63) is 47.7 Å². The number of hydrogen-bond acceptors (Lipinski definition) is 8. The second-order valence-electron chi connectivity index (χ2n) is 9.95. The van der Waals surface area contributed by atoms with Gasteiger partial charge < -0.3 is 20.7 Å². The molecule has 4 aromatic rings. The summed E-state index contributed by atoms with van der Waals surface area (Å²) in [5, 5.41) is 13.9. The maximum Gasteiger partial charge on any atom is 0.248 e. The number of ketones is 1. The lowest BCUT2D eigenvalue weighted by Gasteiger charge is -2.39. The Kier molecular flexibility index (Phi) is 5.52. The van der Waals surface area contributed by atoms with E-state index in [0.29, 0.717) is 35.6 Å². The van der Waals surface area contributed by atoms with Crippen molar-refractivity contribution in [1.82, 2.24) is 34.4 Å². The smallest absolute Gasteiger partial charge is 0.248 e. The summed E-state index contributed by atoms with van der Waals surface area (Å²) < 4.78 is 1.52. The first kappa shape index (κ1) is 23.3. The molecule has 11 nitrogen and oxygen atoms in total. The molecule has 4 aromatic heterocycles. The number of aromatic amines is 1. The number of Topliss-reactive ketones (excluding diaryl/α,β-unsaturated/α-hetero) is 1. The average Bonchev–Trinajstić information content (AvgIpc) is 3.61. The number of aliphatic hydroxyl groups excluding tert-OH is 1. The van der Waals surface area contributed by atoms with Gasteiger partial charge in [0.15, 0.2) is 17.3 Å². The lowest BCUT2D eigenvalue weighted by atomic mass is 9.85. The van der Waals surface area contributed by atoms with E-state index in [1.54, 1.807) is 24.8 Å². The number of aromatic nitrogens is 6. The fourth-order valence-corrected chi connectivity index (χ4v) is 6.15. The second kappa shape index (κ2) is 8.77. The number of hydrogen-bond donors (Lipinski definition) is 3. The van der Waals surface area contributed by atoms with Crippen LogP contribution in [-0.2, 0) is 4.79 Å². The third kappa shape index (κ3) is 3.69. The predicted octanol–water partition coefficient (Wildman–Crippen LogP) is 2.50. The number of rotatable bonds is 5. The molecule has 2 bridgehead atoms. The van der Waals surface area contributed by atoms with Gasteiger partial charge in [-0.05, 0) is 51.2 Å². The van der Waals surface area contributed by atoms with Gasteiger partial charge in [-0.3, -0.25) is 14.6 Å². The fourth-order valence-electron chi connectivity index (χ4n) is 6.15. The van der Waals surface area contributed by atoms with Crippen LogP contribution in [0.25, 0.3) is 28.3 Å². The van der Waals surface area contributed by atoms with Crippen molar-refractivity contribution in [1.29, 1.82) is 0 Å². The van der Waals surface area contributed by atoms with Crippen molar-refractivity contribution >= 4 is 23.2 Å².